The summed E-state index contributed by atoms with van der Waals surface area (Å²) in [5, 5.41) is 8.18. The van der Waals surface area contributed by atoms with Gasteiger partial charge >= 0.3 is 0 Å². The van der Waals surface area contributed by atoms with Crippen LogP contribution in [-0.2, 0) is 4.79 Å². The van der Waals surface area contributed by atoms with Gasteiger partial charge in [-0.05, 0) is 61.7 Å². The number of allylic oxidation sites excluding steroid dienone is 2. The Kier molecular flexibility index (Phi) is 4.94. The highest BCUT2D eigenvalue weighted by atomic mass is 16.5. The molecule has 158 valence electrons. The Morgan fingerprint density at radius 3 is 2.74 bits per heavy atom. The third kappa shape index (κ3) is 3.46. The maximum Gasteiger partial charge on any atom is 0.226 e. The summed E-state index contributed by atoms with van der Waals surface area (Å²) in [4.78, 5) is 17.7. The second kappa shape index (κ2) is 7.91. The van der Waals surface area contributed by atoms with Gasteiger partial charge in [-0.2, -0.15) is 4.98 Å². The van der Waals surface area contributed by atoms with E-state index in [2.05, 4.69) is 5.32 Å². The van der Waals surface area contributed by atoms with Crippen molar-refractivity contribution >= 4 is 11.7 Å². The number of ketones is 1. The highest BCUT2D eigenvalue weighted by Gasteiger charge is 2.37. The van der Waals surface area contributed by atoms with Crippen LogP contribution in [0.15, 0.2) is 59.8 Å². The van der Waals surface area contributed by atoms with Crippen molar-refractivity contribution in [1.82, 2.24) is 14.8 Å². The standard InChI is InChI=1S/C24H24N4O3/c1-3-31-17-12-10-15(11-13-17)23-26-24-25-19-8-5-9-20(29)21(19)22(28(24)27-23)16-6-4-7-18(14-16)30-2/h4,6-7,10-14,22H,3,5,8-9H2,1-2H3,(H,25,26,27). The predicted molar refractivity (Wildman–Crippen MR) is 117 cm³/mol. The van der Waals surface area contributed by atoms with Crippen LogP contribution in [0.25, 0.3) is 11.4 Å². The number of carbonyl (C=O) groups excluding carboxylic acids is 1. The molecule has 31 heavy (non-hydrogen) atoms. The first kappa shape index (κ1) is 19.4. The molecular weight excluding hydrogens is 392 g/mol. The molecule has 0 saturated carbocycles. The molecule has 1 unspecified atom stereocenters. The van der Waals surface area contributed by atoms with E-state index >= 15 is 0 Å². The van der Waals surface area contributed by atoms with Gasteiger partial charge in [-0.3, -0.25) is 4.79 Å². The van der Waals surface area contributed by atoms with Crippen LogP contribution in [0.1, 0.15) is 37.8 Å². The van der Waals surface area contributed by atoms with Crippen LogP contribution in [0.2, 0.25) is 0 Å². The Morgan fingerprint density at radius 1 is 1.13 bits per heavy atom. The van der Waals surface area contributed by atoms with E-state index in [0.29, 0.717) is 24.8 Å². The van der Waals surface area contributed by atoms with Gasteiger partial charge in [0.2, 0.25) is 5.95 Å². The smallest absolute Gasteiger partial charge is 0.226 e. The molecule has 5 rings (SSSR count). The maximum absolute atomic E-state index is 12.9. The van der Waals surface area contributed by atoms with Crippen LogP contribution in [-0.4, -0.2) is 34.3 Å². The SMILES string of the molecule is CCOc1ccc(-c2nc3n(n2)C(c2cccc(OC)c2)C2=C(CCCC2=O)N3)cc1. The monoisotopic (exact) mass is 416 g/mol. The summed E-state index contributed by atoms with van der Waals surface area (Å²) < 4.78 is 12.8. The minimum atomic E-state index is -0.335. The summed E-state index contributed by atoms with van der Waals surface area (Å²) in [5.41, 5.74) is 3.56. The minimum Gasteiger partial charge on any atom is -0.497 e. The number of anilines is 1. The number of hydrogen-bond acceptors (Lipinski definition) is 6. The number of rotatable bonds is 5. The molecule has 2 heterocycles. The average molecular weight is 416 g/mol. The van der Waals surface area contributed by atoms with Gasteiger partial charge in [0.05, 0.1) is 13.7 Å². The molecule has 1 N–H and O–H groups in total. The molecule has 7 heteroatoms. The molecule has 1 aromatic heterocycles. The molecule has 3 aromatic rings. The highest BCUT2D eigenvalue weighted by Crippen LogP contribution is 2.41. The van der Waals surface area contributed by atoms with Crippen molar-refractivity contribution in [2.75, 3.05) is 19.0 Å². The first-order chi connectivity index (χ1) is 15.2. The summed E-state index contributed by atoms with van der Waals surface area (Å²) in [6.45, 7) is 2.58. The maximum atomic E-state index is 12.9. The molecule has 0 spiro atoms. The van der Waals surface area contributed by atoms with E-state index < -0.39 is 0 Å². The van der Waals surface area contributed by atoms with E-state index in [4.69, 9.17) is 19.6 Å². The molecule has 1 atom stereocenters. The van der Waals surface area contributed by atoms with E-state index in [-0.39, 0.29) is 11.8 Å². The van der Waals surface area contributed by atoms with E-state index in [1.807, 2.05) is 60.1 Å². The van der Waals surface area contributed by atoms with Gasteiger partial charge in [-0.15, -0.1) is 5.10 Å². The third-order valence-electron chi connectivity index (χ3n) is 5.70. The molecule has 0 radical (unpaired) electrons. The highest BCUT2D eigenvalue weighted by molar-refractivity contribution is 5.99. The van der Waals surface area contributed by atoms with Crippen LogP contribution < -0.4 is 14.8 Å². The van der Waals surface area contributed by atoms with E-state index in [1.165, 1.54) is 0 Å². The summed E-state index contributed by atoms with van der Waals surface area (Å²) in [7, 11) is 1.64. The number of carbonyl (C=O) groups is 1. The summed E-state index contributed by atoms with van der Waals surface area (Å²) in [6, 6.07) is 15.2. The molecule has 0 fully saturated rings. The van der Waals surface area contributed by atoms with Crippen LogP contribution in [0.4, 0.5) is 5.95 Å². The van der Waals surface area contributed by atoms with Crippen LogP contribution >= 0.6 is 0 Å². The van der Waals surface area contributed by atoms with Crippen molar-refractivity contribution in [1.29, 1.82) is 0 Å². The Balaban J connectivity index is 1.61. The molecule has 7 nitrogen and oxygen atoms in total. The van der Waals surface area contributed by atoms with Gasteiger partial charge in [0, 0.05) is 23.3 Å². The Hall–Kier alpha value is -3.61. The number of hydrogen-bond donors (Lipinski definition) is 1. The first-order valence-electron chi connectivity index (χ1n) is 10.5. The number of methoxy groups -OCH3 is 1. The van der Waals surface area contributed by atoms with Crippen LogP contribution in [0, 0.1) is 0 Å². The lowest BCUT2D eigenvalue weighted by Crippen LogP contribution is -2.31. The zero-order valence-corrected chi connectivity index (χ0v) is 17.6. The number of nitrogens with zero attached hydrogens (tertiary/aromatic N) is 3. The van der Waals surface area contributed by atoms with Crippen molar-refractivity contribution in [3.8, 4) is 22.9 Å². The fourth-order valence-corrected chi connectivity index (χ4v) is 4.27. The quantitative estimate of drug-likeness (QED) is 0.665. The van der Waals surface area contributed by atoms with E-state index in [1.54, 1.807) is 7.11 Å². The number of Topliss-reactive ketones (excluding diaryl/α,β-unsaturated/α-hetero) is 1. The molecule has 1 aliphatic carbocycles. The second-order valence-corrected chi connectivity index (χ2v) is 7.63. The zero-order chi connectivity index (χ0) is 21.4. The first-order valence-corrected chi connectivity index (χ1v) is 10.5. The summed E-state index contributed by atoms with van der Waals surface area (Å²) in [6.07, 6.45) is 2.22. The Bertz CT molecular complexity index is 1160. The number of benzene rings is 2. The Morgan fingerprint density at radius 2 is 1.97 bits per heavy atom. The molecule has 0 bridgehead atoms. The zero-order valence-electron chi connectivity index (χ0n) is 17.6. The minimum absolute atomic E-state index is 0.158. The lowest BCUT2D eigenvalue weighted by atomic mass is 9.85. The van der Waals surface area contributed by atoms with Gasteiger partial charge in [-0.1, -0.05) is 12.1 Å². The van der Waals surface area contributed by atoms with Crippen molar-refractivity contribution in [3.05, 3.63) is 65.4 Å². The molecule has 2 aromatic carbocycles. The van der Waals surface area contributed by atoms with Gasteiger partial charge in [-0.25, -0.2) is 4.68 Å². The molecule has 2 aliphatic rings. The second-order valence-electron chi connectivity index (χ2n) is 7.63. The fourth-order valence-electron chi connectivity index (χ4n) is 4.27. The van der Waals surface area contributed by atoms with E-state index in [9.17, 15) is 4.79 Å². The normalized spacial score (nSPS) is 17.6. The van der Waals surface area contributed by atoms with Crippen molar-refractivity contribution in [2.45, 2.75) is 32.2 Å². The number of fused-ring (bicyclic) bond motifs is 1. The van der Waals surface area contributed by atoms with E-state index in [0.717, 1.165) is 46.7 Å². The number of aromatic nitrogens is 3. The summed E-state index contributed by atoms with van der Waals surface area (Å²) in [5.74, 6) is 2.96. The molecular formula is C24H24N4O3. The lowest BCUT2D eigenvalue weighted by molar-refractivity contribution is -0.116. The average Bonchev–Trinajstić information content (AvgIpc) is 3.22. The number of ether oxygens (including phenoxy) is 2. The summed E-state index contributed by atoms with van der Waals surface area (Å²) >= 11 is 0. The van der Waals surface area contributed by atoms with Gasteiger partial charge < -0.3 is 14.8 Å². The van der Waals surface area contributed by atoms with Gasteiger partial charge in [0.25, 0.3) is 0 Å². The van der Waals surface area contributed by atoms with Crippen molar-refractivity contribution in [3.63, 3.8) is 0 Å². The molecule has 0 saturated heterocycles. The lowest BCUT2D eigenvalue weighted by Gasteiger charge is -2.32. The fraction of sp³-hybridized carbons (Fsp3) is 0.292. The van der Waals surface area contributed by atoms with Gasteiger partial charge in [0.15, 0.2) is 11.6 Å². The van der Waals surface area contributed by atoms with Crippen LogP contribution in [0.5, 0.6) is 11.5 Å². The third-order valence-corrected chi connectivity index (χ3v) is 5.70. The van der Waals surface area contributed by atoms with Crippen LogP contribution in [0.3, 0.4) is 0 Å². The topological polar surface area (TPSA) is 78.3 Å². The Labute approximate surface area is 180 Å². The van der Waals surface area contributed by atoms with Crippen molar-refractivity contribution in [2.24, 2.45) is 0 Å². The largest absolute Gasteiger partial charge is 0.497 e. The molecule has 0 amide bonds. The van der Waals surface area contributed by atoms with Crippen molar-refractivity contribution < 1.29 is 14.3 Å². The number of nitrogens with one attached hydrogen (secondary N) is 1. The predicted octanol–water partition coefficient (Wildman–Crippen LogP) is 4.37. The van der Waals surface area contributed by atoms with Gasteiger partial charge in [0.1, 0.15) is 17.5 Å². The molecule has 1 aliphatic heterocycles.